The quantitative estimate of drug-likeness (QED) is 0.546. The third kappa shape index (κ3) is 3.96. The Morgan fingerprint density at radius 3 is 2.57 bits per heavy atom. The van der Waals surface area contributed by atoms with Crippen molar-refractivity contribution in [2.45, 2.75) is 41.5 Å². The number of allylic oxidation sites excluding steroid dienone is 1. The molecule has 3 aromatic rings. The largest absolute Gasteiger partial charge is 0.493 e. The Kier molecular flexibility index (Phi) is 5.59. The van der Waals surface area contributed by atoms with Gasteiger partial charge in [-0.15, -0.1) is 0 Å². The van der Waals surface area contributed by atoms with Crippen LogP contribution >= 0.6 is 0 Å². The molecular formula is C24H27NO3. The van der Waals surface area contributed by atoms with Crippen LogP contribution in [-0.4, -0.2) is 12.5 Å². The Morgan fingerprint density at radius 1 is 1.14 bits per heavy atom. The van der Waals surface area contributed by atoms with E-state index in [2.05, 4.69) is 11.4 Å². The predicted molar refractivity (Wildman–Crippen MR) is 115 cm³/mol. The van der Waals surface area contributed by atoms with E-state index in [1.54, 1.807) is 6.08 Å². The van der Waals surface area contributed by atoms with Gasteiger partial charge in [-0.1, -0.05) is 17.7 Å². The summed E-state index contributed by atoms with van der Waals surface area (Å²) in [6, 6.07) is 9.93. The summed E-state index contributed by atoms with van der Waals surface area (Å²) in [5.41, 5.74) is 6.67. The summed E-state index contributed by atoms with van der Waals surface area (Å²) >= 11 is 0. The van der Waals surface area contributed by atoms with Gasteiger partial charge in [0, 0.05) is 28.8 Å². The number of amides is 1. The molecule has 0 fully saturated rings. The summed E-state index contributed by atoms with van der Waals surface area (Å²) in [6.07, 6.45) is 1.62. The van der Waals surface area contributed by atoms with E-state index in [1.165, 1.54) is 5.56 Å². The normalized spacial score (nSPS) is 11.7. The molecule has 1 N–H and O–H groups in total. The van der Waals surface area contributed by atoms with Gasteiger partial charge in [-0.05, 0) is 70.4 Å². The van der Waals surface area contributed by atoms with Crippen LogP contribution in [-0.2, 0) is 4.79 Å². The lowest BCUT2D eigenvalue weighted by Crippen LogP contribution is -2.10. The number of rotatable bonds is 5. The summed E-state index contributed by atoms with van der Waals surface area (Å²) < 4.78 is 11.6. The Balaban J connectivity index is 1.96. The molecule has 3 rings (SSSR count). The minimum absolute atomic E-state index is 0.160. The molecule has 4 heteroatoms. The van der Waals surface area contributed by atoms with Crippen molar-refractivity contribution in [3.8, 4) is 5.75 Å². The lowest BCUT2D eigenvalue weighted by Gasteiger charge is -2.12. The van der Waals surface area contributed by atoms with E-state index < -0.39 is 0 Å². The number of anilines is 1. The van der Waals surface area contributed by atoms with Crippen LogP contribution in [0.15, 0.2) is 40.8 Å². The molecule has 0 bridgehead atoms. The second-order valence-electron chi connectivity index (χ2n) is 7.20. The number of carbonyl (C=O) groups excluding carboxylic acids is 1. The zero-order chi connectivity index (χ0) is 20.4. The summed E-state index contributed by atoms with van der Waals surface area (Å²) in [6.45, 7) is 12.4. The van der Waals surface area contributed by atoms with Gasteiger partial charge < -0.3 is 14.5 Å². The fourth-order valence-electron chi connectivity index (χ4n) is 3.35. The van der Waals surface area contributed by atoms with Crippen molar-refractivity contribution in [2.24, 2.45) is 0 Å². The molecule has 146 valence electrons. The third-order valence-electron chi connectivity index (χ3n) is 4.99. The molecule has 4 nitrogen and oxygen atoms in total. The lowest BCUT2D eigenvalue weighted by molar-refractivity contribution is -0.111. The summed E-state index contributed by atoms with van der Waals surface area (Å²) in [5.74, 6) is 1.45. The highest BCUT2D eigenvalue weighted by atomic mass is 16.5. The second-order valence-corrected chi connectivity index (χ2v) is 7.20. The van der Waals surface area contributed by atoms with Gasteiger partial charge in [0.25, 0.3) is 0 Å². The standard InChI is InChI=1S/C24H27NO3/c1-7-27-22-13-23-20(17(5)18(6)28-23)12-19(22)15(3)11-24(26)25-21-9-8-14(2)10-16(21)4/h8-13H,7H2,1-6H3,(H,25,26)/b15-11+. The summed E-state index contributed by atoms with van der Waals surface area (Å²) in [5, 5.41) is 4.01. The van der Waals surface area contributed by atoms with Crippen LogP contribution in [0.1, 0.15) is 41.9 Å². The van der Waals surface area contributed by atoms with Crippen LogP contribution in [0.5, 0.6) is 5.75 Å². The Morgan fingerprint density at radius 2 is 1.89 bits per heavy atom. The van der Waals surface area contributed by atoms with E-state index in [-0.39, 0.29) is 5.91 Å². The van der Waals surface area contributed by atoms with Crippen molar-refractivity contribution < 1.29 is 13.9 Å². The molecule has 0 aliphatic rings. The number of furan rings is 1. The number of fused-ring (bicyclic) bond motifs is 1. The predicted octanol–water partition coefficient (Wildman–Crippen LogP) is 6.11. The molecule has 0 aliphatic carbocycles. The van der Waals surface area contributed by atoms with Crippen LogP contribution in [0.25, 0.3) is 16.5 Å². The SMILES string of the molecule is CCOc1cc2oc(C)c(C)c2cc1/C(C)=C/C(=O)Nc1ccc(C)cc1C. The number of hydrogen-bond donors (Lipinski definition) is 1. The molecule has 2 aromatic carbocycles. The summed E-state index contributed by atoms with van der Waals surface area (Å²) in [4.78, 5) is 12.6. The minimum Gasteiger partial charge on any atom is -0.493 e. The number of nitrogens with one attached hydrogen (secondary N) is 1. The average Bonchev–Trinajstić information content (AvgIpc) is 2.90. The van der Waals surface area contributed by atoms with Crippen molar-refractivity contribution in [1.29, 1.82) is 0 Å². The molecule has 0 unspecified atom stereocenters. The van der Waals surface area contributed by atoms with E-state index >= 15 is 0 Å². The van der Waals surface area contributed by atoms with Gasteiger partial charge in [-0.2, -0.15) is 0 Å². The van der Waals surface area contributed by atoms with E-state index in [0.29, 0.717) is 6.61 Å². The zero-order valence-corrected chi connectivity index (χ0v) is 17.4. The maximum absolute atomic E-state index is 12.6. The van der Waals surface area contributed by atoms with Gasteiger partial charge in [-0.25, -0.2) is 0 Å². The first-order valence-corrected chi connectivity index (χ1v) is 9.53. The molecule has 0 spiro atoms. The first kappa shape index (κ1) is 19.7. The van der Waals surface area contributed by atoms with Crippen molar-refractivity contribution in [2.75, 3.05) is 11.9 Å². The molecule has 1 heterocycles. The topological polar surface area (TPSA) is 51.5 Å². The lowest BCUT2D eigenvalue weighted by atomic mass is 10.0. The number of hydrogen-bond acceptors (Lipinski definition) is 3. The number of carbonyl (C=O) groups is 1. The van der Waals surface area contributed by atoms with Gasteiger partial charge in [-0.3, -0.25) is 4.79 Å². The van der Waals surface area contributed by atoms with Gasteiger partial charge in [0.15, 0.2) is 0 Å². The molecule has 1 amide bonds. The molecule has 0 radical (unpaired) electrons. The Labute approximate surface area is 166 Å². The first-order chi connectivity index (χ1) is 13.3. The van der Waals surface area contributed by atoms with Crippen molar-refractivity contribution in [3.05, 3.63) is 64.4 Å². The molecular weight excluding hydrogens is 350 g/mol. The molecule has 1 aromatic heterocycles. The fraction of sp³-hybridized carbons (Fsp3) is 0.292. The molecule has 0 aliphatic heterocycles. The van der Waals surface area contributed by atoms with Gasteiger partial charge in [0.2, 0.25) is 5.91 Å². The smallest absolute Gasteiger partial charge is 0.248 e. The van der Waals surface area contributed by atoms with Crippen LogP contribution in [0.4, 0.5) is 5.69 Å². The Hall–Kier alpha value is -3.01. The van der Waals surface area contributed by atoms with Crippen molar-refractivity contribution in [3.63, 3.8) is 0 Å². The van der Waals surface area contributed by atoms with Crippen molar-refractivity contribution >= 4 is 28.1 Å². The van der Waals surface area contributed by atoms with Gasteiger partial charge >= 0.3 is 0 Å². The number of ether oxygens (including phenoxy) is 1. The first-order valence-electron chi connectivity index (χ1n) is 9.53. The van der Waals surface area contributed by atoms with Crippen LogP contribution < -0.4 is 10.1 Å². The highest BCUT2D eigenvalue weighted by Crippen LogP contribution is 2.35. The maximum atomic E-state index is 12.6. The highest BCUT2D eigenvalue weighted by molar-refractivity contribution is 6.05. The molecule has 28 heavy (non-hydrogen) atoms. The molecule has 0 saturated carbocycles. The molecule has 0 atom stereocenters. The Bertz CT molecular complexity index is 1070. The number of benzene rings is 2. The third-order valence-corrected chi connectivity index (χ3v) is 4.99. The van der Waals surface area contributed by atoms with Crippen LogP contribution in [0.2, 0.25) is 0 Å². The highest BCUT2D eigenvalue weighted by Gasteiger charge is 2.15. The van der Waals surface area contributed by atoms with E-state index in [0.717, 1.165) is 50.4 Å². The average molecular weight is 377 g/mol. The maximum Gasteiger partial charge on any atom is 0.248 e. The minimum atomic E-state index is -0.160. The van der Waals surface area contributed by atoms with Crippen LogP contribution in [0, 0.1) is 27.7 Å². The zero-order valence-electron chi connectivity index (χ0n) is 17.4. The molecule has 0 saturated heterocycles. The van der Waals surface area contributed by atoms with Gasteiger partial charge in [0.05, 0.1) is 6.61 Å². The van der Waals surface area contributed by atoms with E-state index in [9.17, 15) is 4.79 Å². The fourth-order valence-corrected chi connectivity index (χ4v) is 3.35. The second kappa shape index (κ2) is 7.93. The number of aryl methyl sites for hydroxylation is 4. The van der Waals surface area contributed by atoms with Gasteiger partial charge in [0.1, 0.15) is 17.1 Å². The van der Waals surface area contributed by atoms with Crippen molar-refractivity contribution in [1.82, 2.24) is 0 Å². The monoisotopic (exact) mass is 377 g/mol. The summed E-state index contributed by atoms with van der Waals surface area (Å²) in [7, 11) is 0. The van der Waals surface area contributed by atoms with E-state index in [4.69, 9.17) is 9.15 Å². The van der Waals surface area contributed by atoms with E-state index in [1.807, 2.05) is 65.8 Å². The van der Waals surface area contributed by atoms with Crippen LogP contribution in [0.3, 0.4) is 0 Å².